The van der Waals surface area contributed by atoms with E-state index in [1.165, 1.54) is 5.70 Å². The van der Waals surface area contributed by atoms with E-state index in [-0.39, 0.29) is 0 Å². The van der Waals surface area contributed by atoms with E-state index in [9.17, 15) is 0 Å². The van der Waals surface area contributed by atoms with E-state index in [0.29, 0.717) is 0 Å². The molecule has 0 amide bonds. The van der Waals surface area contributed by atoms with Crippen molar-refractivity contribution in [1.82, 2.24) is 5.32 Å². The molecule has 1 heteroatoms. The molecule has 0 aromatic heterocycles. The topological polar surface area (TPSA) is 12.0 Å². The minimum absolute atomic E-state index is 1.09. The van der Waals surface area contributed by atoms with Crippen molar-refractivity contribution in [3.05, 3.63) is 24.0 Å². The molecule has 0 saturated heterocycles. The van der Waals surface area contributed by atoms with Crippen LogP contribution in [0.5, 0.6) is 0 Å². The minimum atomic E-state index is 1.09. The number of dihydropyridines is 1. The van der Waals surface area contributed by atoms with Gasteiger partial charge in [0.25, 0.3) is 0 Å². The second-order valence-electron chi connectivity index (χ2n) is 1.87. The Hall–Kier alpha value is -0.720. The highest BCUT2D eigenvalue weighted by molar-refractivity contribution is 5.10. The highest BCUT2D eigenvalue weighted by atomic mass is 14.8. The smallest absolute Gasteiger partial charge is 0.0106 e. The molecular formula is C7H11N. The van der Waals surface area contributed by atoms with Gasteiger partial charge in [-0.05, 0) is 19.0 Å². The second-order valence-corrected chi connectivity index (χ2v) is 1.87. The fourth-order valence-corrected chi connectivity index (χ4v) is 0.750. The average Bonchev–Trinajstić information content (AvgIpc) is 1.90. The molecule has 8 heavy (non-hydrogen) atoms. The summed E-state index contributed by atoms with van der Waals surface area (Å²) >= 11 is 0. The molecule has 0 spiro atoms. The van der Waals surface area contributed by atoms with Crippen molar-refractivity contribution >= 4 is 0 Å². The van der Waals surface area contributed by atoms with Gasteiger partial charge in [0.1, 0.15) is 0 Å². The fourth-order valence-electron chi connectivity index (χ4n) is 0.750. The van der Waals surface area contributed by atoms with Gasteiger partial charge < -0.3 is 5.32 Å². The van der Waals surface area contributed by atoms with Crippen LogP contribution >= 0.6 is 0 Å². The van der Waals surface area contributed by atoms with Crippen LogP contribution in [0.2, 0.25) is 0 Å². The molecule has 1 heterocycles. The van der Waals surface area contributed by atoms with E-state index in [1.54, 1.807) is 0 Å². The molecule has 1 aliphatic rings. The summed E-state index contributed by atoms with van der Waals surface area (Å²) in [7, 11) is 0. The second kappa shape index (κ2) is 2.55. The van der Waals surface area contributed by atoms with Crippen LogP contribution in [-0.2, 0) is 0 Å². The number of rotatable bonds is 1. The first-order chi connectivity index (χ1) is 3.93. The summed E-state index contributed by atoms with van der Waals surface area (Å²) in [6.45, 7) is 2.15. The molecule has 0 aromatic rings. The molecule has 0 bridgehead atoms. The van der Waals surface area contributed by atoms with Gasteiger partial charge >= 0.3 is 0 Å². The monoisotopic (exact) mass is 109 g/mol. The highest BCUT2D eigenvalue weighted by Gasteiger charge is 1.90. The normalized spacial score (nSPS) is 17.4. The first-order valence-electron chi connectivity index (χ1n) is 3.04. The van der Waals surface area contributed by atoms with Gasteiger partial charge in [0, 0.05) is 5.70 Å². The SMILES string of the molecule is CCC1=CCC=CN1. The Morgan fingerprint density at radius 2 is 2.62 bits per heavy atom. The summed E-state index contributed by atoms with van der Waals surface area (Å²) in [5, 5.41) is 3.15. The van der Waals surface area contributed by atoms with Crippen LogP contribution in [0.25, 0.3) is 0 Å². The Balaban J connectivity index is 2.43. The van der Waals surface area contributed by atoms with Crippen molar-refractivity contribution in [2.75, 3.05) is 0 Å². The first-order valence-corrected chi connectivity index (χ1v) is 3.04. The van der Waals surface area contributed by atoms with Crippen LogP contribution in [0.3, 0.4) is 0 Å². The quantitative estimate of drug-likeness (QED) is 0.541. The third-order valence-corrected chi connectivity index (χ3v) is 1.27. The molecule has 0 fully saturated rings. The Morgan fingerprint density at radius 1 is 1.75 bits per heavy atom. The maximum absolute atomic E-state index is 3.15. The zero-order valence-electron chi connectivity index (χ0n) is 5.15. The van der Waals surface area contributed by atoms with Crippen LogP contribution in [0.1, 0.15) is 19.8 Å². The summed E-state index contributed by atoms with van der Waals surface area (Å²) in [5.41, 5.74) is 1.34. The molecule has 44 valence electrons. The van der Waals surface area contributed by atoms with Crippen LogP contribution < -0.4 is 5.32 Å². The standard InChI is InChI=1S/C7H11N/c1-2-7-5-3-4-6-8-7/h4-6,8H,2-3H2,1H3. The van der Waals surface area contributed by atoms with Crippen molar-refractivity contribution < 1.29 is 0 Å². The van der Waals surface area contributed by atoms with Gasteiger partial charge in [-0.2, -0.15) is 0 Å². The Labute approximate surface area is 50.1 Å². The summed E-state index contributed by atoms with van der Waals surface area (Å²) in [5.74, 6) is 0. The Bertz CT molecular complexity index is 122. The lowest BCUT2D eigenvalue weighted by molar-refractivity contribution is 0.908. The van der Waals surface area contributed by atoms with Crippen LogP contribution in [0.4, 0.5) is 0 Å². The molecule has 0 aromatic carbocycles. The van der Waals surface area contributed by atoms with E-state index in [2.05, 4.69) is 24.4 Å². The molecule has 0 radical (unpaired) electrons. The molecular weight excluding hydrogens is 98.1 g/mol. The third kappa shape index (κ3) is 1.12. The van der Waals surface area contributed by atoms with Crippen molar-refractivity contribution in [3.8, 4) is 0 Å². The zero-order chi connectivity index (χ0) is 5.82. The molecule has 1 rings (SSSR count). The van der Waals surface area contributed by atoms with E-state index in [4.69, 9.17) is 0 Å². The van der Waals surface area contributed by atoms with Gasteiger partial charge in [-0.25, -0.2) is 0 Å². The van der Waals surface area contributed by atoms with Gasteiger partial charge in [-0.15, -0.1) is 0 Å². The molecule has 0 unspecified atom stereocenters. The Morgan fingerprint density at radius 3 is 3.00 bits per heavy atom. The van der Waals surface area contributed by atoms with Crippen LogP contribution in [0.15, 0.2) is 24.0 Å². The van der Waals surface area contributed by atoms with Gasteiger partial charge in [-0.3, -0.25) is 0 Å². The minimum Gasteiger partial charge on any atom is -0.366 e. The lowest BCUT2D eigenvalue weighted by Gasteiger charge is -2.06. The number of nitrogens with one attached hydrogen (secondary N) is 1. The van der Waals surface area contributed by atoms with Crippen LogP contribution in [-0.4, -0.2) is 0 Å². The summed E-state index contributed by atoms with van der Waals surface area (Å²) in [4.78, 5) is 0. The third-order valence-electron chi connectivity index (χ3n) is 1.27. The summed E-state index contributed by atoms with van der Waals surface area (Å²) in [6.07, 6.45) is 8.53. The van der Waals surface area contributed by atoms with E-state index in [0.717, 1.165) is 12.8 Å². The maximum Gasteiger partial charge on any atom is 0.0106 e. The first kappa shape index (κ1) is 5.42. The molecule has 1 N–H and O–H groups in total. The summed E-state index contributed by atoms with van der Waals surface area (Å²) in [6, 6.07) is 0. The number of allylic oxidation sites excluding steroid dienone is 3. The molecule has 0 aliphatic carbocycles. The van der Waals surface area contributed by atoms with Crippen molar-refractivity contribution in [2.24, 2.45) is 0 Å². The zero-order valence-corrected chi connectivity index (χ0v) is 5.15. The average molecular weight is 109 g/mol. The lowest BCUT2D eigenvalue weighted by atomic mass is 10.2. The predicted molar refractivity (Wildman–Crippen MR) is 35.3 cm³/mol. The maximum atomic E-state index is 3.15. The largest absolute Gasteiger partial charge is 0.366 e. The van der Waals surface area contributed by atoms with E-state index < -0.39 is 0 Å². The van der Waals surface area contributed by atoms with Gasteiger partial charge in [0.05, 0.1) is 0 Å². The highest BCUT2D eigenvalue weighted by Crippen LogP contribution is 2.02. The van der Waals surface area contributed by atoms with Gasteiger partial charge in [0.15, 0.2) is 0 Å². The van der Waals surface area contributed by atoms with Crippen molar-refractivity contribution in [2.45, 2.75) is 19.8 Å². The van der Waals surface area contributed by atoms with Crippen molar-refractivity contribution in [1.29, 1.82) is 0 Å². The van der Waals surface area contributed by atoms with E-state index in [1.807, 2.05) is 6.20 Å². The Kier molecular flexibility index (Phi) is 1.73. The molecule has 0 atom stereocenters. The summed E-state index contributed by atoms with van der Waals surface area (Å²) < 4.78 is 0. The predicted octanol–water partition coefficient (Wildman–Crippen LogP) is 1.79. The molecule has 0 saturated carbocycles. The van der Waals surface area contributed by atoms with Crippen LogP contribution in [0, 0.1) is 0 Å². The van der Waals surface area contributed by atoms with Gasteiger partial charge in [0.2, 0.25) is 0 Å². The fraction of sp³-hybridized carbons (Fsp3) is 0.429. The number of hydrogen-bond acceptors (Lipinski definition) is 1. The lowest BCUT2D eigenvalue weighted by Crippen LogP contribution is -2.05. The number of hydrogen-bond donors (Lipinski definition) is 1. The molecule has 1 aliphatic heterocycles. The van der Waals surface area contributed by atoms with Crippen molar-refractivity contribution in [3.63, 3.8) is 0 Å². The van der Waals surface area contributed by atoms with Gasteiger partial charge in [-0.1, -0.05) is 19.1 Å². The molecule has 1 nitrogen and oxygen atoms in total. The van der Waals surface area contributed by atoms with E-state index >= 15 is 0 Å².